The molecule has 3 rings (SSSR count). The van der Waals surface area contributed by atoms with Crippen molar-refractivity contribution in [2.24, 2.45) is 0 Å². The van der Waals surface area contributed by atoms with Gasteiger partial charge < -0.3 is 4.74 Å². The number of hydrogen-bond donors (Lipinski definition) is 1. The Kier molecular flexibility index (Phi) is 6.30. The summed E-state index contributed by atoms with van der Waals surface area (Å²) in [5.41, 5.74) is 1.09. The fourth-order valence-electron chi connectivity index (χ4n) is 3.64. The van der Waals surface area contributed by atoms with Gasteiger partial charge in [-0.05, 0) is 42.7 Å². The second-order valence-electron chi connectivity index (χ2n) is 6.90. The normalized spacial score (nSPS) is 21.1. The molecule has 2 aromatic carbocycles. The molecule has 28 heavy (non-hydrogen) atoms. The molecule has 1 aliphatic carbocycles. The van der Waals surface area contributed by atoms with Crippen molar-refractivity contribution in [3.63, 3.8) is 0 Å². The molecule has 0 amide bonds. The van der Waals surface area contributed by atoms with Crippen LogP contribution in [0.1, 0.15) is 43.6 Å². The standard InChI is InChI=1S/C20H22F3NO3S/c21-20(22,23)27-16-11-13-17(14-12-16)28(25,26)24-19-10-6-2-5-9-18(19)15-7-3-1-4-8-15/h1,3-4,7-8,11-14,18-19,24H,2,5-6,9-10H2. The first-order valence-corrected chi connectivity index (χ1v) is 10.7. The average Bonchev–Trinajstić information content (AvgIpc) is 2.86. The Morgan fingerprint density at radius 1 is 0.893 bits per heavy atom. The summed E-state index contributed by atoms with van der Waals surface area (Å²) < 4.78 is 69.0. The van der Waals surface area contributed by atoms with Gasteiger partial charge in [0.2, 0.25) is 10.0 Å². The highest BCUT2D eigenvalue weighted by Gasteiger charge is 2.32. The molecule has 2 unspecified atom stereocenters. The largest absolute Gasteiger partial charge is 0.573 e. The van der Waals surface area contributed by atoms with E-state index < -0.39 is 22.1 Å². The lowest BCUT2D eigenvalue weighted by atomic mass is 9.88. The van der Waals surface area contributed by atoms with Crippen LogP contribution in [-0.4, -0.2) is 20.8 Å². The van der Waals surface area contributed by atoms with Crippen LogP contribution in [0.2, 0.25) is 0 Å². The Hall–Kier alpha value is -2.06. The Morgan fingerprint density at radius 2 is 1.54 bits per heavy atom. The van der Waals surface area contributed by atoms with Crippen molar-refractivity contribution >= 4 is 10.0 Å². The molecule has 1 fully saturated rings. The minimum atomic E-state index is -4.82. The van der Waals surface area contributed by atoms with Crippen molar-refractivity contribution in [3.8, 4) is 5.75 Å². The zero-order valence-electron chi connectivity index (χ0n) is 15.2. The molecule has 2 aromatic rings. The summed E-state index contributed by atoms with van der Waals surface area (Å²) >= 11 is 0. The van der Waals surface area contributed by atoms with E-state index in [1.54, 1.807) is 0 Å². The average molecular weight is 413 g/mol. The van der Waals surface area contributed by atoms with Gasteiger partial charge in [0, 0.05) is 12.0 Å². The van der Waals surface area contributed by atoms with Crippen molar-refractivity contribution < 1.29 is 26.3 Å². The Labute approximate surface area is 162 Å². The Bertz CT molecular complexity index is 868. The number of halogens is 3. The van der Waals surface area contributed by atoms with Gasteiger partial charge in [0.05, 0.1) is 4.90 Å². The fraction of sp³-hybridized carbons (Fsp3) is 0.400. The number of sulfonamides is 1. The van der Waals surface area contributed by atoms with Crippen molar-refractivity contribution in [3.05, 3.63) is 60.2 Å². The van der Waals surface area contributed by atoms with E-state index in [1.165, 1.54) is 0 Å². The van der Waals surface area contributed by atoms with E-state index in [0.717, 1.165) is 55.5 Å². The highest BCUT2D eigenvalue weighted by Crippen LogP contribution is 2.33. The van der Waals surface area contributed by atoms with E-state index in [9.17, 15) is 21.6 Å². The summed E-state index contributed by atoms with van der Waals surface area (Å²) in [4.78, 5) is -0.0851. The molecule has 0 aliphatic heterocycles. The second-order valence-corrected chi connectivity index (χ2v) is 8.62. The third-order valence-electron chi connectivity index (χ3n) is 4.92. The molecule has 1 aliphatic rings. The molecule has 8 heteroatoms. The smallest absolute Gasteiger partial charge is 0.406 e. The van der Waals surface area contributed by atoms with Crippen LogP contribution in [-0.2, 0) is 10.0 Å². The Morgan fingerprint density at radius 3 is 2.18 bits per heavy atom. The van der Waals surface area contributed by atoms with Crippen LogP contribution in [0.15, 0.2) is 59.5 Å². The van der Waals surface area contributed by atoms with Gasteiger partial charge in [-0.2, -0.15) is 0 Å². The summed E-state index contributed by atoms with van der Waals surface area (Å²) in [7, 11) is -3.86. The molecular weight excluding hydrogens is 391 g/mol. The molecule has 0 bridgehead atoms. The third-order valence-corrected chi connectivity index (χ3v) is 6.42. The summed E-state index contributed by atoms with van der Waals surface area (Å²) in [6.45, 7) is 0. The van der Waals surface area contributed by atoms with Gasteiger partial charge in [0.15, 0.2) is 0 Å². The first-order valence-electron chi connectivity index (χ1n) is 9.18. The minimum absolute atomic E-state index is 0.0614. The lowest BCUT2D eigenvalue weighted by Gasteiger charge is -2.26. The molecule has 1 saturated carbocycles. The number of nitrogens with one attached hydrogen (secondary N) is 1. The second kappa shape index (κ2) is 8.53. The fourth-order valence-corrected chi connectivity index (χ4v) is 4.95. The molecule has 0 spiro atoms. The maximum Gasteiger partial charge on any atom is 0.573 e. The van der Waals surface area contributed by atoms with Crippen molar-refractivity contribution in [1.29, 1.82) is 0 Å². The maximum absolute atomic E-state index is 12.8. The van der Waals surface area contributed by atoms with E-state index >= 15 is 0 Å². The highest BCUT2D eigenvalue weighted by atomic mass is 32.2. The number of benzene rings is 2. The first-order chi connectivity index (χ1) is 13.2. The topological polar surface area (TPSA) is 55.4 Å². The highest BCUT2D eigenvalue weighted by molar-refractivity contribution is 7.89. The summed E-state index contributed by atoms with van der Waals surface area (Å²) in [6.07, 6.45) is -0.216. The predicted octanol–water partition coefficient (Wildman–Crippen LogP) is 4.98. The van der Waals surface area contributed by atoms with Crippen LogP contribution >= 0.6 is 0 Å². The molecule has 152 valence electrons. The molecule has 1 N–H and O–H groups in total. The lowest BCUT2D eigenvalue weighted by Crippen LogP contribution is -2.38. The van der Waals surface area contributed by atoms with Crippen LogP contribution in [0.4, 0.5) is 13.2 Å². The molecule has 0 aromatic heterocycles. The SMILES string of the molecule is O=S(=O)(NC1CCCCCC1c1ccccc1)c1ccc(OC(F)(F)F)cc1. The van der Waals surface area contributed by atoms with Crippen LogP contribution in [0, 0.1) is 0 Å². The van der Waals surface area contributed by atoms with Crippen molar-refractivity contribution in [2.75, 3.05) is 0 Å². The van der Waals surface area contributed by atoms with E-state index in [4.69, 9.17) is 0 Å². The zero-order valence-corrected chi connectivity index (χ0v) is 16.0. The van der Waals surface area contributed by atoms with Crippen LogP contribution in [0.25, 0.3) is 0 Å². The third kappa shape index (κ3) is 5.48. The maximum atomic E-state index is 12.8. The van der Waals surface area contributed by atoms with Crippen molar-refractivity contribution in [2.45, 2.75) is 55.3 Å². The molecule has 0 saturated heterocycles. The van der Waals surface area contributed by atoms with Gasteiger partial charge >= 0.3 is 6.36 Å². The van der Waals surface area contributed by atoms with E-state index in [0.29, 0.717) is 6.42 Å². The van der Waals surface area contributed by atoms with Gasteiger partial charge in [-0.15, -0.1) is 13.2 Å². The van der Waals surface area contributed by atoms with E-state index in [1.807, 2.05) is 30.3 Å². The minimum Gasteiger partial charge on any atom is -0.406 e. The van der Waals surface area contributed by atoms with Gasteiger partial charge in [0.1, 0.15) is 5.75 Å². The molecule has 0 radical (unpaired) electrons. The van der Waals surface area contributed by atoms with E-state index in [2.05, 4.69) is 9.46 Å². The Balaban J connectivity index is 1.79. The number of hydrogen-bond acceptors (Lipinski definition) is 3. The van der Waals surface area contributed by atoms with Crippen molar-refractivity contribution in [1.82, 2.24) is 4.72 Å². The number of rotatable bonds is 5. The van der Waals surface area contributed by atoms with Crippen LogP contribution in [0.5, 0.6) is 5.75 Å². The first kappa shape index (κ1) is 20.7. The lowest BCUT2D eigenvalue weighted by molar-refractivity contribution is -0.274. The van der Waals surface area contributed by atoms with Gasteiger partial charge in [-0.1, -0.05) is 49.6 Å². The van der Waals surface area contributed by atoms with Crippen LogP contribution < -0.4 is 9.46 Å². The van der Waals surface area contributed by atoms with Gasteiger partial charge in [-0.3, -0.25) is 0 Å². The van der Waals surface area contributed by atoms with Gasteiger partial charge in [-0.25, -0.2) is 13.1 Å². The molecule has 0 heterocycles. The molecule has 4 nitrogen and oxygen atoms in total. The summed E-state index contributed by atoms with van der Waals surface area (Å²) in [5, 5.41) is 0. The monoisotopic (exact) mass is 413 g/mol. The molecular formula is C20H22F3NO3S. The molecule has 2 atom stereocenters. The zero-order chi connectivity index (χ0) is 20.2. The number of alkyl halides is 3. The van der Waals surface area contributed by atoms with Gasteiger partial charge in [0.25, 0.3) is 0 Å². The van der Waals surface area contributed by atoms with Crippen LogP contribution in [0.3, 0.4) is 0 Å². The predicted molar refractivity (Wildman–Crippen MR) is 99.5 cm³/mol. The summed E-state index contributed by atoms with van der Waals surface area (Å²) in [5.74, 6) is -0.394. The van der Waals surface area contributed by atoms with E-state index in [-0.39, 0.29) is 16.9 Å². The quantitative estimate of drug-likeness (QED) is 0.704. The number of ether oxygens (including phenoxy) is 1. The summed E-state index contributed by atoms with van der Waals surface area (Å²) in [6, 6.07) is 13.8.